The third-order valence-corrected chi connectivity index (χ3v) is 4.52. The summed E-state index contributed by atoms with van der Waals surface area (Å²) >= 11 is 3.30. The Morgan fingerprint density at radius 2 is 1.94 bits per heavy atom. The van der Waals surface area contributed by atoms with E-state index in [0.29, 0.717) is 18.5 Å². The van der Waals surface area contributed by atoms with Crippen molar-refractivity contribution in [3.05, 3.63) is 30.3 Å². The van der Waals surface area contributed by atoms with Gasteiger partial charge in [-0.05, 0) is 25.5 Å². The lowest BCUT2D eigenvalue weighted by atomic mass is 10.4. The third-order valence-electron chi connectivity index (χ3n) is 1.91. The molecule has 1 atom stereocenters. The quantitative estimate of drug-likeness (QED) is 0.440. The molecule has 1 aromatic carbocycles. The van der Waals surface area contributed by atoms with Crippen LogP contribution >= 0.6 is 23.5 Å². The molecule has 90 valence electrons. The molecule has 0 fully saturated rings. The van der Waals surface area contributed by atoms with Gasteiger partial charge in [0.1, 0.15) is 0 Å². The molecule has 5 heteroatoms. The molecule has 1 rings (SSSR count). The number of hydrogen-bond acceptors (Lipinski definition) is 3. The molecule has 0 aliphatic rings. The maximum Gasteiger partial charge on any atom is 0.361 e. The fourth-order valence-electron chi connectivity index (χ4n) is 1.21. The minimum atomic E-state index is -3.12. The Morgan fingerprint density at radius 3 is 2.50 bits per heavy atom. The Morgan fingerprint density at radius 1 is 1.25 bits per heavy atom. The first-order valence-corrected chi connectivity index (χ1v) is 7.90. The average Bonchev–Trinajstić information content (AvgIpc) is 2.31. The van der Waals surface area contributed by atoms with Crippen molar-refractivity contribution in [3.8, 4) is 0 Å². The van der Waals surface area contributed by atoms with E-state index in [1.807, 2.05) is 25.1 Å². The standard InChI is InChI=1S/C11H16BrO3P/c1-2-14-16(13,15-10-6-9-12)11-7-4-3-5-8-11/h3-5,7-8H,2,6,9-10H2,1H3. The monoisotopic (exact) mass is 306 g/mol. The van der Waals surface area contributed by atoms with Crippen LogP contribution in [0.25, 0.3) is 0 Å². The van der Waals surface area contributed by atoms with Gasteiger partial charge in [0.15, 0.2) is 0 Å². The summed E-state index contributed by atoms with van der Waals surface area (Å²) in [6.07, 6.45) is 0.809. The van der Waals surface area contributed by atoms with E-state index in [9.17, 15) is 4.57 Å². The van der Waals surface area contributed by atoms with Crippen LogP contribution < -0.4 is 5.30 Å². The summed E-state index contributed by atoms with van der Waals surface area (Å²) in [5.41, 5.74) is 0. The number of alkyl halides is 1. The molecule has 0 aliphatic carbocycles. The van der Waals surface area contributed by atoms with Gasteiger partial charge in [-0.25, -0.2) is 0 Å². The fraction of sp³-hybridized carbons (Fsp3) is 0.455. The van der Waals surface area contributed by atoms with Gasteiger partial charge >= 0.3 is 7.60 Å². The van der Waals surface area contributed by atoms with E-state index in [-0.39, 0.29) is 0 Å². The topological polar surface area (TPSA) is 35.5 Å². The van der Waals surface area contributed by atoms with Crippen molar-refractivity contribution in [2.45, 2.75) is 13.3 Å². The van der Waals surface area contributed by atoms with Crippen LogP contribution in [0.15, 0.2) is 30.3 Å². The SMILES string of the molecule is CCOP(=O)(OCCCBr)c1ccccc1. The predicted octanol–water partition coefficient (Wildman–Crippen LogP) is 3.34. The second kappa shape index (κ2) is 7.23. The summed E-state index contributed by atoms with van der Waals surface area (Å²) in [6, 6.07) is 9.07. The summed E-state index contributed by atoms with van der Waals surface area (Å²) < 4.78 is 23.1. The largest absolute Gasteiger partial charge is 0.361 e. The molecule has 16 heavy (non-hydrogen) atoms. The van der Waals surface area contributed by atoms with Crippen molar-refractivity contribution in [2.75, 3.05) is 18.5 Å². The van der Waals surface area contributed by atoms with E-state index in [2.05, 4.69) is 15.9 Å². The minimum Gasteiger partial charge on any atom is -0.305 e. The lowest BCUT2D eigenvalue weighted by Gasteiger charge is -2.17. The predicted molar refractivity (Wildman–Crippen MR) is 69.7 cm³/mol. The Labute approximate surface area is 105 Å². The molecule has 0 aromatic heterocycles. The molecule has 0 bridgehead atoms. The maximum absolute atomic E-state index is 12.4. The molecule has 1 aromatic rings. The van der Waals surface area contributed by atoms with E-state index in [4.69, 9.17) is 9.05 Å². The second-order valence-corrected chi connectivity index (χ2v) is 5.95. The van der Waals surface area contributed by atoms with Crippen molar-refractivity contribution >= 4 is 28.8 Å². The Kier molecular flexibility index (Phi) is 6.29. The summed E-state index contributed by atoms with van der Waals surface area (Å²) in [6.45, 7) is 2.61. The molecular weight excluding hydrogens is 291 g/mol. The van der Waals surface area contributed by atoms with Gasteiger partial charge in [-0.3, -0.25) is 4.57 Å². The lowest BCUT2D eigenvalue weighted by Crippen LogP contribution is -2.10. The van der Waals surface area contributed by atoms with Crippen molar-refractivity contribution in [2.24, 2.45) is 0 Å². The summed E-state index contributed by atoms with van der Waals surface area (Å²) in [5.74, 6) is 0. The van der Waals surface area contributed by atoms with Gasteiger partial charge in [0.05, 0.1) is 18.5 Å². The van der Waals surface area contributed by atoms with Crippen LogP contribution in [0.5, 0.6) is 0 Å². The molecular formula is C11H16BrO3P. The van der Waals surface area contributed by atoms with E-state index in [1.165, 1.54) is 0 Å². The first-order valence-electron chi connectivity index (χ1n) is 5.23. The molecule has 0 saturated heterocycles. The first kappa shape index (κ1) is 13.9. The van der Waals surface area contributed by atoms with Gasteiger partial charge in [-0.1, -0.05) is 34.1 Å². The van der Waals surface area contributed by atoms with Crippen LogP contribution in [0.1, 0.15) is 13.3 Å². The molecule has 0 heterocycles. The number of halogens is 1. The van der Waals surface area contributed by atoms with Gasteiger partial charge in [-0.2, -0.15) is 0 Å². The van der Waals surface area contributed by atoms with Gasteiger partial charge < -0.3 is 9.05 Å². The number of hydrogen-bond donors (Lipinski definition) is 0. The highest BCUT2D eigenvalue weighted by Gasteiger charge is 2.26. The third kappa shape index (κ3) is 4.02. The summed E-state index contributed by atoms with van der Waals surface area (Å²) in [7, 11) is -3.12. The van der Waals surface area contributed by atoms with Crippen LogP contribution in [0, 0.1) is 0 Å². The summed E-state index contributed by atoms with van der Waals surface area (Å²) in [4.78, 5) is 0. The highest BCUT2D eigenvalue weighted by molar-refractivity contribution is 9.09. The Bertz CT molecular complexity index is 342. The van der Waals surface area contributed by atoms with Crippen molar-refractivity contribution in [1.82, 2.24) is 0 Å². The van der Waals surface area contributed by atoms with Crippen molar-refractivity contribution in [1.29, 1.82) is 0 Å². The fourth-order valence-corrected chi connectivity index (χ4v) is 3.05. The maximum atomic E-state index is 12.4. The van der Waals surface area contributed by atoms with Crippen LogP contribution in [-0.2, 0) is 13.6 Å². The van der Waals surface area contributed by atoms with E-state index in [0.717, 1.165) is 11.8 Å². The highest BCUT2D eigenvalue weighted by atomic mass is 79.9. The zero-order valence-electron chi connectivity index (χ0n) is 9.27. The van der Waals surface area contributed by atoms with E-state index >= 15 is 0 Å². The van der Waals surface area contributed by atoms with E-state index < -0.39 is 7.60 Å². The molecule has 0 saturated carbocycles. The number of rotatable bonds is 7. The summed E-state index contributed by atoms with van der Waals surface area (Å²) in [5, 5.41) is 1.44. The molecule has 0 amide bonds. The first-order chi connectivity index (χ1) is 7.73. The molecule has 1 unspecified atom stereocenters. The molecule has 0 aliphatic heterocycles. The number of benzene rings is 1. The molecule has 0 spiro atoms. The van der Waals surface area contributed by atoms with E-state index in [1.54, 1.807) is 12.1 Å². The van der Waals surface area contributed by atoms with Gasteiger partial charge in [0.25, 0.3) is 0 Å². The van der Waals surface area contributed by atoms with Crippen molar-refractivity contribution < 1.29 is 13.6 Å². The molecule has 3 nitrogen and oxygen atoms in total. The minimum absolute atomic E-state index is 0.375. The van der Waals surface area contributed by atoms with Gasteiger partial charge in [0, 0.05) is 5.33 Å². The highest BCUT2D eigenvalue weighted by Crippen LogP contribution is 2.46. The lowest BCUT2D eigenvalue weighted by molar-refractivity contribution is 0.222. The average molecular weight is 307 g/mol. The normalized spacial score (nSPS) is 14.6. The molecule has 0 N–H and O–H groups in total. The van der Waals surface area contributed by atoms with Crippen molar-refractivity contribution in [3.63, 3.8) is 0 Å². The Balaban J connectivity index is 2.76. The molecule has 0 radical (unpaired) electrons. The van der Waals surface area contributed by atoms with Gasteiger partial charge in [-0.15, -0.1) is 0 Å². The Hall–Kier alpha value is -0.150. The van der Waals surface area contributed by atoms with Crippen LogP contribution in [-0.4, -0.2) is 18.5 Å². The van der Waals surface area contributed by atoms with Crippen LogP contribution in [0.3, 0.4) is 0 Å². The van der Waals surface area contributed by atoms with Gasteiger partial charge in [0.2, 0.25) is 0 Å². The smallest absolute Gasteiger partial charge is 0.305 e. The zero-order valence-corrected chi connectivity index (χ0v) is 11.7. The van der Waals surface area contributed by atoms with Crippen LogP contribution in [0.2, 0.25) is 0 Å². The zero-order chi connectivity index (χ0) is 11.9. The van der Waals surface area contributed by atoms with Crippen LogP contribution in [0.4, 0.5) is 0 Å². The second-order valence-electron chi connectivity index (χ2n) is 3.13.